The fourth-order valence-electron chi connectivity index (χ4n) is 3.62. The summed E-state index contributed by atoms with van der Waals surface area (Å²) in [6.45, 7) is 3.06. The Morgan fingerprint density at radius 1 is 1.27 bits per heavy atom. The summed E-state index contributed by atoms with van der Waals surface area (Å²) in [6, 6.07) is 12.4. The maximum atomic E-state index is 11.5. The van der Waals surface area contributed by atoms with Gasteiger partial charge in [-0.15, -0.1) is 0 Å². The van der Waals surface area contributed by atoms with Crippen LogP contribution in [0.25, 0.3) is 11.3 Å². The average molecular weight is 347 g/mol. The highest BCUT2D eigenvalue weighted by atomic mass is 16.1. The zero-order valence-corrected chi connectivity index (χ0v) is 14.6. The summed E-state index contributed by atoms with van der Waals surface area (Å²) in [5.74, 6) is 0.00805. The smallest absolute Gasteiger partial charge is 0.217 e. The second kappa shape index (κ2) is 7.00. The number of aromatic amines is 1. The Morgan fingerprint density at radius 3 is 2.96 bits per heavy atom. The van der Waals surface area contributed by atoms with Gasteiger partial charge in [0.25, 0.3) is 0 Å². The van der Waals surface area contributed by atoms with Crippen LogP contribution in [0.4, 0.5) is 5.69 Å². The fourth-order valence-corrected chi connectivity index (χ4v) is 3.62. The molecule has 4 rings (SSSR count). The van der Waals surface area contributed by atoms with E-state index in [9.17, 15) is 4.79 Å². The molecule has 0 radical (unpaired) electrons. The molecule has 0 saturated carbocycles. The number of carbonyl (C=O) groups is 1. The van der Waals surface area contributed by atoms with Crippen molar-refractivity contribution in [1.29, 1.82) is 0 Å². The summed E-state index contributed by atoms with van der Waals surface area (Å²) in [6.07, 6.45) is 6.32. The maximum absolute atomic E-state index is 11.5. The number of pyridine rings is 1. The number of carbonyl (C=O) groups excluding carboxylic acids is 1. The molecule has 0 aliphatic carbocycles. The van der Waals surface area contributed by atoms with Gasteiger partial charge in [-0.25, -0.2) is 0 Å². The van der Waals surface area contributed by atoms with Gasteiger partial charge in [-0.3, -0.25) is 14.9 Å². The summed E-state index contributed by atoms with van der Waals surface area (Å²) >= 11 is 0. The molecule has 1 aromatic carbocycles. The highest BCUT2D eigenvalue weighted by molar-refractivity contribution is 5.73. The van der Waals surface area contributed by atoms with Crippen molar-refractivity contribution >= 4 is 11.6 Å². The van der Waals surface area contributed by atoms with Gasteiger partial charge in [-0.1, -0.05) is 18.2 Å². The number of nitrogens with one attached hydrogen (secondary N) is 2. The van der Waals surface area contributed by atoms with E-state index in [2.05, 4.69) is 43.6 Å². The fraction of sp³-hybridized carbons (Fsp3) is 0.250. The van der Waals surface area contributed by atoms with E-state index in [0.29, 0.717) is 6.54 Å². The summed E-state index contributed by atoms with van der Waals surface area (Å²) in [5, 5.41) is 10.4. The van der Waals surface area contributed by atoms with Crippen molar-refractivity contribution < 1.29 is 4.79 Å². The molecule has 2 aromatic heterocycles. The quantitative estimate of drug-likeness (QED) is 0.761. The largest absolute Gasteiger partial charge is 0.365 e. The van der Waals surface area contributed by atoms with Crippen LogP contribution in [0.5, 0.6) is 0 Å². The Morgan fingerprint density at radius 2 is 2.15 bits per heavy atom. The minimum Gasteiger partial charge on any atom is -0.365 e. The van der Waals surface area contributed by atoms with Gasteiger partial charge in [-0.2, -0.15) is 5.10 Å². The van der Waals surface area contributed by atoms with Crippen LogP contribution in [0.1, 0.15) is 18.1 Å². The number of H-pyrrole nitrogens is 1. The molecule has 6 heteroatoms. The van der Waals surface area contributed by atoms with Crippen molar-refractivity contribution in [2.45, 2.75) is 25.9 Å². The van der Waals surface area contributed by atoms with Gasteiger partial charge < -0.3 is 10.2 Å². The van der Waals surface area contributed by atoms with E-state index in [1.165, 1.54) is 11.3 Å². The van der Waals surface area contributed by atoms with Crippen LogP contribution in [0, 0.1) is 0 Å². The Balaban J connectivity index is 1.64. The second-order valence-electron chi connectivity index (χ2n) is 6.62. The van der Waals surface area contributed by atoms with Crippen molar-refractivity contribution in [3.8, 4) is 11.3 Å². The first-order valence-electron chi connectivity index (χ1n) is 8.73. The number of benzene rings is 1. The standard InChI is InChI=1S/C20H21N5O/c1-14(26)23-18-9-15-5-2-3-7-19(15)25(13-18)12-17-11-22-24-20(17)16-6-4-8-21-10-16/h2-8,10-11,18H,9,12-13H2,1H3,(H,22,24)(H,23,26). The monoisotopic (exact) mass is 347 g/mol. The highest BCUT2D eigenvalue weighted by Crippen LogP contribution is 2.30. The molecule has 0 spiro atoms. The predicted octanol–water partition coefficient (Wildman–Crippen LogP) is 2.54. The third-order valence-electron chi connectivity index (χ3n) is 4.68. The number of anilines is 1. The molecule has 3 heterocycles. The molecular weight excluding hydrogens is 326 g/mol. The molecule has 6 nitrogen and oxygen atoms in total. The lowest BCUT2D eigenvalue weighted by atomic mass is 9.97. The third kappa shape index (κ3) is 3.31. The molecule has 1 amide bonds. The predicted molar refractivity (Wildman–Crippen MR) is 101 cm³/mol. The topological polar surface area (TPSA) is 73.9 Å². The molecule has 2 N–H and O–H groups in total. The normalized spacial score (nSPS) is 16.2. The summed E-state index contributed by atoms with van der Waals surface area (Å²) in [4.78, 5) is 18.0. The first kappa shape index (κ1) is 16.3. The summed E-state index contributed by atoms with van der Waals surface area (Å²) in [5.41, 5.74) is 5.58. The van der Waals surface area contributed by atoms with Crippen LogP contribution in [-0.4, -0.2) is 33.7 Å². The lowest BCUT2D eigenvalue weighted by Gasteiger charge is -2.36. The van der Waals surface area contributed by atoms with Gasteiger partial charge in [0.15, 0.2) is 0 Å². The SMILES string of the molecule is CC(=O)NC1Cc2ccccc2N(Cc2cn[nH]c2-c2cccnc2)C1. The van der Waals surface area contributed by atoms with Crippen molar-refractivity contribution in [3.63, 3.8) is 0 Å². The number of para-hydroxylation sites is 1. The van der Waals surface area contributed by atoms with Gasteiger partial charge in [0, 0.05) is 49.2 Å². The van der Waals surface area contributed by atoms with Crippen molar-refractivity contribution in [2.24, 2.45) is 0 Å². The van der Waals surface area contributed by atoms with Gasteiger partial charge in [0.1, 0.15) is 0 Å². The summed E-state index contributed by atoms with van der Waals surface area (Å²) in [7, 11) is 0. The second-order valence-corrected chi connectivity index (χ2v) is 6.62. The Labute approximate surface area is 152 Å². The number of aromatic nitrogens is 3. The van der Waals surface area contributed by atoms with Gasteiger partial charge >= 0.3 is 0 Å². The molecule has 0 saturated heterocycles. The summed E-state index contributed by atoms with van der Waals surface area (Å²) < 4.78 is 0. The van der Waals surface area contributed by atoms with E-state index in [4.69, 9.17) is 0 Å². The Bertz CT molecular complexity index is 905. The molecule has 0 bridgehead atoms. The van der Waals surface area contributed by atoms with Gasteiger partial charge in [-0.05, 0) is 30.2 Å². The highest BCUT2D eigenvalue weighted by Gasteiger charge is 2.25. The van der Waals surface area contributed by atoms with Crippen LogP contribution in [-0.2, 0) is 17.8 Å². The first-order valence-corrected chi connectivity index (χ1v) is 8.73. The maximum Gasteiger partial charge on any atom is 0.217 e. The number of rotatable bonds is 4. The molecule has 132 valence electrons. The van der Waals surface area contributed by atoms with Crippen molar-refractivity contribution in [3.05, 3.63) is 66.1 Å². The van der Waals surface area contributed by atoms with Crippen LogP contribution in [0.15, 0.2) is 55.0 Å². The van der Waals surface area contributed by atoms with E-state index in [1.54, 1.807) is 13.1 Å². The van der Waals surface area contributed by atoms with E-state index in [-0.39, 0.29) is 11.9 Å². The van der Waals surface area contributed by atoms with E-state index < -0.39 is 0 Å². The van der Waals surface area contributed by atoms with Crippen LogP contribution >= 0.6 is 0 Å². The zero-order valence-electron chi connectivity index (χ0n) is 14.6. The van der Waals surface area contributed by atoms with Gasteiger partial charge in [0.2, 0.25) is 5.91 Å². The minimum atomic E-state index is 0.00805. The van der Waals surface area contributed by atoms with Crippen LogP contribution < -0.4 is 10.2 Å². The molecular formula is C20H21N5O. The Hall–Kier alpha value is -3.15. The van der Waals surface area contributed by atoms with Crippen molar-refractivity contribution in [1.82, 2.24) is 20.5 Å². The van der Waals surface area contributed by atoms with E-state index >= 15 is 0 Å². The van der Waals surface area contributed by atoms with Crippen LogP contribution in [0.2, 0.25) is 0 Å². The molecule has 1 unspecified atom stereocenters. The number of hydrogen-bond acceptors (Lipinski definition) is 4. The van der Waals surface area contributed by atoms with E-state index in [1.807, 2.05) is 30.6 Å². The molecule has 1 atom stereocenters. The number of hydrogen-bond donors (Lipinski definition) is 2. The average Bonchev–Trinajstić information content (AvgIpc) is 3.10. The van der Waals surface area contributed by atoms with Crippen molar-refractivity contribution in [2.75, 3.05) is 11.4 Å². The lowest BCUT2D eigenvalue weighted by Crippen LogP contribution is -2.47. The van der Waals surface area contributed by atoms with Crippen LogP contribution in [0.3, 0.4) is 0 Å². The third-order valence-corrected chi connectivity index (χ3v) is 4.68. The minimum absolute atomic E-state index is 0.00805. The Kier molecular flexibility index (Phi) is 4.39. The zero-order chi connectivity index (χ0) is 17.9. The lowest BCUT2D eigenvalue weighted by molar-refractivity contribution is -0.119. The number of nitrogens with zero attached hydrogens (tertiary/aromatic N) is 3. The molecule has 1 aliphatic heterocycles. The molecule has 0 fully saturated rings. The number of fused-ring (bicyclic) bond motifs is 1. The van der Waals surface area contributed by atoms with E-state index in [0.717, 1.165) is 29.8 Å². The molecule has 3 aromatic rings. The van der Waals surface area contributed by atoms with Gasteiger partial charge in [0.05, 0.1) is 17.9 Å². The first-order chi connectivity index (χ1) is 12.7. The molecule has 26 heavy (non-hydrogen) atoms. The molecule has 1 aliphatic rings. The number of amides is 1.